The average Bonchev–Trinajstić information content (AvgIpc) is 2.16. The van der Waals surface area contributed by atoms with Gasteiger partial charge in [0.1, 0.15) is 0 Å². The van der Waals surface area contributed by atoms with Crippen LogP contribution in [0.4, 0.5) is 0 Å². The second-order valence-corrected chi connectivity index (χ2v) is 3.33. The van der Waals surface area contributed by atoms with Gasteiger partial charge in [-0.1, -0.05) is 19.1 Å². The maximum Gasteiger partial charge on any atom is 0.335 e. The summed E-state index contributed by atoms with van der Waals surface area (Å²) in [4.78, 5) is 21.5. The molecule has 4 heteroatoms. The Morgan fingerprint density at radius 2 is 2.07 bits per heavy atom. The van der Waals surface area contributed by atoms with Crippen molar-refractivity contribution in [3.8, 4) is 0 Å². The average molecular weight is 213 g/mol. The van der Waals surface area contributed by atoms with Gasteiger partial charge in [0, 0.05) is 0 Å². The lowest BCUT2D eigenvalue weighted by Crippen LogP contribution is -2.04. The predicted octanol–water partition coefficient (Wildman–Crippen LogP) is 2.25. The highest BCUT2D eigenvalue weighted by Gasteiger charge is 2.13. The monoisotopic (exact) mass is 212 g/mol. The summed E-state index contributed by atoms with van der Waals surface area (Å²) in [5.74, 6) is -1.49. The molecule has 0 saturated carbocycles. The lowest BCUT2D eigenvalue weighted by molar-refractivity contribution is -0.112. The van der Waals surface area contributed by atoms with Gasteiger partial charge < -0.3 is 5.11 Å². The highest BCUT2D eigenvalue weighted by atomic mass is 35.5. The van der Waals surface area contributed by atoms with Gasteiger partial charge in [-0.25, -0.2) is 4.79 Å². The van der Waals surface area contributed by atoms with Crippen molar-refractivity contribution >= 4 is 22.8 Å². The maximum atomic E-state index is 10.8. The molecular weight excluding hydrogens is 204 g/mol. The van der Waals surface area contributed by atoms with Gasteiger partial charge in [0.2, 0.25) is 5.24 Å². The number of aromatic carboxylic acids is 1. The Morgan fingerprint density at radius 3 is 2.57 bits per heavy atom. The summed E-state index contributed by atoms with van der Waals surface area (Å²) in [6.45, 7) is 1.64. The van der Waals surface area contributed by atoms with Crippen molar-refractivity contribution in [3.05, 3.63) is 35.4 Å². The van der Waals surface area contributed by atoms with Crippen molar-refractivity contribution in [3.63, 3.8) is 0 Å². The number of carboxylic acids is 1. The van der Waals surface area contributed by atoms with Gasteiger partial charge in [0.05, 0.1) is 11.5 Å². The Labute approximate surface area is 86.3 Å². The van der Waals surface area contributed by atoms with Crippen molar-refractivity contribution in [1.82, 2.24) is 0 Å². The van der Waals surface area contributed by atoms with Crippen LogP contribution in [0, 0.1) is 0 Å². The number of carboxylic acid groups (broad SMARTS) is 1. The quantitative estimate of drug-likeness (QED) is 0.782. The van der Waals surface area contributed by atoms with Crippen LogP contribution in [-0.4, -0.2) is 16.3 Å². The van der Waals surface area contributed by atoms with E-state index in [2.05, 4.69) is 0 Å². The third-order valence-electron chi connectivity index (χ3n) is 1.97. The molecule has 74 valence electrons. The Kier molecular flexibility index (Phi) is 3.25. The van der Waals surface area contributed by atoms with Crippen molar-refractivity contribution in [2.75, 3.05) is 0 Å². The summed E-state index contributed by atoms with van der Waals surface area (Å²) in [6.07, 6.45) is 0. The van der Waals surface area contributed by atoms with Crippen molar-refractivity contribution in [1.29, 1.82) is 0 Å². The van der Waals surface area contributed by atoms with Crippen LogP contribution in [0.2, 0.25) is 0 Å². The third kappa shape index (κ3) is 2.33. The first-order valence-electron chi connectivity index (χ1n) is 4.05. The molecule has 1 aromatic rings. The van der Waals surface area contributed by atoms with E-state index in [9.17, 15) is 9.59 Å². The molecule has 0 saturated heterocycles. The molecule has 0 radical (unpaired) electrons. The minimum Gasteiger partial charge on any atom is -0.478 e. The molecule has 1 unspecified atom stereocenters. The minimum atomic E-state index is -1.01. The number of hydrogen-bond donors (Lipinski definition) is 1. The fourth-order valence-corrected chi connectivity index (χ4v) is 1.20. The third-order valence-corrected chi connectivity index (χ3v) is 2.30. The molecular formula is C10H9ClO3. The van der Waals surface area contributed by atoms with Crippen molar-refractivity contribution < 1.29 is 14.7 Å². The molecule has 1 rings (SSSR count). The standard InChI is InChI=1S/C10H9ClO3/c1-6(9(11)12)7-3-2-4-8(5-7)10(13)14/h2-6H,1H3,(H,13,14). The van der Waals surface area contributed by atoms with Crippen LogP contribution in [0.1, 0.15) is 28.8 Å². The van der Waals surface area contributed by atoms with E-state index in [0.717, 1.165) is 0 Å². The van der Waals surface area contributed by atoms with Gasteiger partial charge >= 0.3 is 5.97 Å². The van der Waals surface area contributed by atoms with E-state index in [4.69, 9.17) is 16.7 Å². The highest BCUT2D eigenvalue weighted by Crippen LogP contribution is 2.18. The second kappa shape index (κ2) is 4.24. The lowest BCUT2D eigenvalue weighted by atomic mass is 10.0. The number of carbonyl (C=O) groups excluding carboxylic acids is 1. The number of benzene rings is 1. The second-order valence-electron chi connectivity index (χ2n) is 2.96. The first-order chi connectivity index (χ1) is 6.52. The summed E-state index contributed by atoms with van der Waals surface area (Å²) in [6, 6.07) is 6.19. The van der Waals surface area contributed by atoms with Gasteiger partial charge in [-0.15, -0.1) is 0 Å². The fourth-order valence-electron chi connectivity index (χ4n) is 1.07. The van der Waals surface area contributed by atoms with E-state index in [1.165, 1.54) is 12.1 Å². The largest absolute Gasteiger partial charge is 0.478 e. The molecule has 1 aromatic carbocycles. The summed E-state index contributed by atoms with van der Waals surface area (Å²) in [5, 5.41) is 8.22. The van der Waals surface area contributed by atoms with E-state index in [0.29, 0.717) is 5.56 Å². The zero-order valence-corrected chi connectivity index (χ0v) is 8.28. The zero-order valence-electron chi connectivity index (χ0n) is 7.53. The molecule has 0 bridgehead atoms. The van der Waals surface area contributed by atoms with Crippen LogP contribution in [0.5, 0.6) is 0 Å². The predicted molar refractivity (Wildman–Crippen MR) is 52.7 cm³/mol. The molecule has 0 aliphatic heterocycles. The zero-order chi connectivity index (χ0) is 10.7. The molecule has 0 amide bonds. The summed E-state index contributed by atoms with van der Waals surface area (Å²) >= 11 is 5.31. The minimum absolute atomic E-state index is 0.160. The molecule has 0 aliphatic rings. The molecule has 0 aliphatic carbocycles. The molecule has 0 heterocycles. The van der Waals surface area contributed by atoms with Crippen LogP contribution in [0.3, 0.4) is 0 Å². The lowest BCUT2D eigenvalue weighted by Gasteiger charge is -2.06. The Morgan fingerprint density at radius 1 is 1.43 bits per heavy atom. The molecule has 1 N–H and O–H groups in total. The molecule has 14 heavy (non-hydrogen) atoms. The van der Waals surface area contributed by atoms with E-state index < -0.39 is 17.1 Å². The van der Waals surface area contributed by atoms with Crippen LogP contribution in [0.15, 0.2) is 24.3 Å². The first-order valence-corrected chi connectivity index (χ1v) is 4.42. The Balaban J connectivity index is 3.05. The molecule has 0 spiro atoms. The van der Waals surface area contributed by atoms with Crippen LogP contribution < -0.4 is 0 Å². The number of carbonyl (C=O) groups is 2. The van der Waals surface area contributed by atoms with Gasteiger partial charge in [-0.2, -0.15) is 0 Å². The maximum absolute atomic E-state index is 10.8. The highest BCUT2D eigenvalue weighted by molar-refractivity contribution is 6.64. The summed E-state index contributed by atoms with van der Waals surface area (Å²) in [5.41, 5.74) is 0.775. The normalized spacial score (nSPS) is 12.1. The smallest absolute Gasteiger partial charge is 0.335 e. The topological polar surface area (TPSA) is 54.4 Å². The van der Waals surface area contributed by atoms with Crippen LogP contribution >= 0.6 is 11.6 Å². The molecule has 1 atom stereocenters. The number of rotatable bonds is 3. The molecule has 0 fully saturated rings. The van der Waals surface area contributed by atoms with Gasteiger partial charge in [0.25, 0.3) is 0 Å². The van der Waals surface area contributed by atoms with E-state index >= 15 is 0 Å². The van der Waals surface area contributed by atoms with Crippen LogP contribution in [0.25, 0.3) is 0 Å². The van der Waals surface area contributed by atoms with Gasteiger partial charge in [-0.3, -0.25) is 4.79 Å². The van der Waals surface area contributed by atoms with Crippen molar-refractivity contribution in [2.45, 2.75) is 12.8 Å². The number of hydrogen-bond acceptors (Lipinski definition) is 2. The SMILES string of the molecule is CC(C(=O)Cl)c1cccc(C(=O)O)c1. The number of halogens is 1. The fraction of sp³-hybridized carbons (Fsp3) is 0.200. The first kappa shape index (κ1) is 10.7. The van der Waals surface area contributed by atoms with E-state index in [1.807, 2.05) is 0 Å². The summed E-state index contributed by atoms with van der Waals surface area (Å²) < 4.78 is 0. The Hall–Kier alpha value is -1.35. The van der Waals surface area contributed by atoms with Crippen LogP contribution in [-0.2, 0) is 4.79 Å². The van der Waals surface area contributed by atoms with E-state index in [-0.39, 0.29) is 5.56 Å². The van der Waals surface area contributed by atoms with Gasteiger partial charge in [-0.05, 0) is 29.3 Å². The van der Waals surface area contributed by atoms with E-state index in [1.54, 1.807) is 19.1 Å². The molecule has 0 aromatic heterocycles. The van der Waals surface area contributed by atoms with Gasteiger partial charge in [0.15, 0.2) is 0 Å². The van der Waals surface area contributed by atoms with Crippen molar-refractivity contribution in [2.24, 2.45) is 0 Å². The Bertz CT molecular complexity index is 373. The summed E-state index contributed by atoms with van der Waals surface area (Å²) in [7, 11) is 0. The molecule has 3 nitrogen and oxygen atoms in total.